The molecule has 2 nitrogen and oxygen atoms in total. The molecular weight excluding hydrogens is 296 g/mol. The first kappa shape index (κ1) is 11.6. The van der Waals surface area contributed by atoms with Crippen LogP contribution in [0.15, 0.2) is 22.7 Å². The van der Waals surface area contributed by atoms with E-state index in [-0.39, 0.29) is 5.41 Å². The van der Waals surface area contributed by atoms with Crippen LogP contribution in [0.1, 0.15) is 24.8 Å². The highest BCUT2D eigenvalue weighted by molar-refractivity contribution is 9.10. The summed E-state index contributed by atoms with van der Waals surface area (Å²) < 4.78 is 2.40. The van der Waals surface area contributed by atoms with Gasteiger partial charge in [0.05, 0.1) is 15.2 Å². The van der Waals surface area contributed by atoms with Crippen molar-refractivity contribution >= 4 is 37.5 Å². The lowest BCUT2D eigenvalue weighted by atomic mass is 9.82. The average molecular weight is 311 g/mol. The first-order chi connectivity index (χ1) is 8.17. The van der Waals surface area contributed by atoms with E-state index in [0.717, 1.165) is 23.1 Å². The van der Waals surface area contributed by atoms with E-state index in [1.165, 1.54) is 22.5 Å². The zero-order valence-corrected chi connectivity index (χ0v) is 12.2. The molecule has 0 aliphatic carbocycles. The largest absolute Gasteiger partial charge is 0.317 e. The van der Waals surface area contributed by atoms with Gasteiger partial charge in [-0.2, -0.15) is 0 Å². The van der Waals surface area contributed by atoms with Crippen LogP contribution < -0.4 is 5.32 Å². The number of hydrogen-bond acceptors (Lipinski definition) is 3. The molecule has 2 aromatic rings. The zero-order chi connectivity index (χ0) is 11.9. The van der Waals surface area contributed by atoms with Gasteiger partial charge < -0.3 is 5.32 Å². The highest BCUT2D eigenvalue weighted by Gasteiger charge is 2.31. The summed E-state index contributed by atoms with van der Waals surface area (Å²) in [4.78, 5) is 4.83. The maximum Gasteiger partial charge on any atom is 0.0998 e. The predicted molar refractivity (Wildman–Crippen MR) is 76.8 cm³/mol. The molecule has 1 aromatic heterocycles. The summed E-state index contributed by atoms with van der Waals surface area (Å²) in [6, 6.07) is 6.36. The van der Waals surface area contributed by atoms with Crippen LogP contribution in [0.2, 0.25) is 0 Å². The van der Waals surface area contributed by atoms with Crippen molar-refractivity contribution in [2.75, 3.05) is 13.1 Å². The maximum atomic E-state index is 4.83. The first-order valence-electron chi connectivity index (χ1n) is 5.95. The van der Waals surface area contributed by atoms with E-state index >= 15 is 0 Å². The van der Waals surface area contributed by atoms with Gasteiger partial charge in [-0.05, 0) is 44.1 Å². The number of benzene rings is 1. The van der Waals surface area contributed by atoms with E-state index in [1.54, 1.807) is 0 Å². The van der Waals surface area contributed by atoms with Crippen molar-refractivity contribution in [1.82, 2.24) is 10.3 Å². The molecule has 1 saturated heterocycles. The molecule has 0 bridgehead atoms. The number of piperidine rings is 1. The Labute approximate surface area is 114 Å². The molecule has 0 unspecified atom stereocenters. The van der Waals surface area contributed by atoms with Gasteiger partial charge in [0, 0.05) is 9.89 Å². The molecule has 1 aromatic carbocycles. The first-order valence-corrected chi connectivity index (χ1v) is 7.56. The van der Waals surface area contributed by atoms with Gasteiger partial charge in [0.15, 0.2) is 0 Å². The number of rotatable bonds is 1. The third kappa shape index (κ3) is 2.14. The van der Waals surface area contributed by atoms with Crippen LogP contribution in [-0.2, 0) is 5.41 Å². The van der Waals surface area contributed by atoms with Crippen molar-refractivity contribution in [1.29, 1.82) is 0 Å². The van der Waals surface area contributed by atoms with Gasteiger partial charge in [-0.25, -0.2) is 4.98 Å². The SMILES string of the molecule is CC1(c2nc3cc(Br)ccc3s2)CCNCC1. The van der Waals surface area contributed by atoms with Gasteiger partial charge in [-0.1, -0.05) is 22.9 Å². The number of fused-ring (bicyclic) bond motifs is 1. The molecule has 1 aliphatic rings. The van der Waals surface area contributed by atoms with Crippen molar-refractivity contribution < 1.29 is 0 Å². The summed E-state index contributed by atoms with van der Waals surface area (Å²) in [7, 11) is 0. The summed E-state index contributed by atoms with van der Waals surface area (Å²) in [6.45, 7) is 4.56. The van der Waals surface area contributed by atoms with Crippen LogP contribution in [0.25, 0.3) is 10.2 Å². The van der Waals surface area contributed by atoms with E-state index in [4.69, 9.17) is 4.98 Å². The maximum absolute atomic E-state index is 4.83. The molecule has 0 spiro atoms. The number of hydrogen-bond donors (Lipinski definition) is 1. The minimum Gasteiger partial charge on any atom is -0.317 e. The quantitative estimate of drug-likeness (QED) is 0.868. The number of aromatic nitrogens is 1. The fourth-order valence-corrected chi connectivity index (χ4v) is 3.85. The van der Waals surface area contributed by atoms with Crippen LogP contribution in [0.5, 0.6) is 0 Å². The molecule has 2 heterocycles. The Bertz CT molecular complexity index is 543. The van der Waals surface area contributed by atoms with Gasteiger partial charge in [0.2, 0.25) is 0 Å². The van der Waals surface area contributed by atoms with E-state index in [9.17, 15) is 0 Å². The van der Waals surface area contributed by atoms with Crippen molar-refractivity contribution in [2.45, 2.75) is 25.2 Å². The molecule has 0 amide bonds. The average Bonchev–Trinajstić information content (AvgIpc) is 2.73. The van der Waals surface area contributed by atoms with Gasteiger partial charge in [-0.3, -0.25) is 0 Å². The number of halogens is 1. The minimum absolute atomic E-state index is 0.265. The Morgan fingerprint density at radius 3 is 2.88 bits per heavy atom. The topological polar surface area (TPSA) is 24.9 Å². The van der Waals surface area contributed by atoms with Crippen LogP contribution >= 0.6 is 27.3 Å². The van der Waals surface area contributed by atoms with Crippen LogP contribution in [-0.4, -0.2) is 18.1 Å². The van der Waals surface area contributed by atoms with E-state index in [2.05, 4.69) is 46.4 Å². The highest BCUT2D eigenvalue weighted by atomic mass is 79.9. The Balaban J connectivity index is 2.05. The fourth-order valence-electron chi connectivity index (χ4n) is 2.35. The van der Waals surface area contributed by atoms with Gasteiger partial charge in [0.25, 0.3) is 0 Å². The Kier molecular flexibility index (Phi) is 2.97. The summed E-state index contributed by atoms with van der Waals surface area (Å²) >= 11 is 5.36. The molecule has 1 N–H and O–H groups in total. The van der Waals surface area contributed by atoms with Crippen LogP contribution in [0.4, 0.5) is 0 Å². The fraction of sp³-hybridized carbons (Fsp3) is 0.462. The smallest absolute Gasteiger partial charge is 0.0998 e. The second-order valence-electron chi connectivity index (χ2n) is 4.94. The molecule has 0 radical (unpaired) electrons. The molecular formula is C13H15BrN2S. The number of nitrogens with zero attached hydrogens (tertiary/aromatic N) is 1. The van der Waals surface area contributed by atoms with Crippen molar-refractivity contribution in [2.24, 2.45) is 0 Å². The van der Waals surface area contributed by atoms with E-state index in [0.29, 0.717) is 0 Å². The third-order valence-corrected chi connectivity index (χ3v) is 5.41. The standard InChI is InChI=1S/C13H15BrN2S/c1-13(4-6-15-7-5-13)12-16-10-8-9(14)2-3-11(10)17-12/h2-3,8,15H,4-7H2,1H3. The Morgan fingerprint density at radius 1 is 1.35 bits per heavy atom. The number of thiazole rings is 1. The third-order valence-electron chi connectivity index (χ3n) is 3.57. The second-order valence-corrected chi connectivity index (χ2v) is 6.89. The molecule has 4 heteroatoms. The summed E-state index contributed by atoms with van der Waals surface area (Å²) in [5.74, 6) is 0. The van der Waals surface area contributed by atoms with Crippen molar-refractivity contribution in [3.63, 3.8) is 0 Å². The van der Waals surface area contributed by atoms with Gasteiger partial charge >= 0.3 is 0 Å². The molecule has 1 aliphatic heterocycles. The van der Waals surface area contributed by atoms with Crippen molar-refractivity contribution in [3.05, 3.63) is 27.7 Å². The Morgan fingerprint density at radius 2 is 2.12 bits per heavy atom. The van der Waals surface area contributed by atoms with Gasteiger partial charge in [0.1, 0.15) is 0 Å². The lowest BCUT2D eigenvalue weighted by Crippen LogP contribution is -2.37. The molecule has 0 saturated carbocycles. The van der Waals surface area contributed by atoms with Crippen LogP contribution in [0.3, 0.4) is 0 Å². The minimum atomic E-state index is 0.265. The molecule has 90 valence electrons. The summed E-state index contributed by atoms with van der Waals surface area (Å²) in [5, 5.41) is 4.72. The summed E-state index contributed by atoms with van der Waals surface area (Å²) in [6.07, 6.45) is 2.38. The molecule has 17 heavy (non-hydrogen) atoms. The second kappa shape index (κ2) is 4.34. The summed E-state index contributed by atoms with van der Waals surface area (Å²) in [5.41, 5.74) is 1.39. The zero-order valence-electron chi connectivity index (χ0n) is 9.79. The van der Waals surface area contributed by atoms with Gasteiger partial charge in [-0.15, -0.1) is 11.3 Å². The normalized spacial score (nSPS) is 19.6. The molecule has 3 rings (SSSR count). The highest BCUT2D eigenvalue weighted by Crippen LogP contribution is 2.38. The Hall–Kier alpha value is -0.450. The lowest BCUT2D eigenvalue weighted by Gasteiger charge is -2.31. The molecule has 0 atom stereocenters. The van der Waals surface area contributed by atoms with E-state index in [1.807, 2.05) is 11.3 Å². The molecule has 1 fully saturated rings. The lowest BCUT2D eigenvalue weighted by molar-refractivity contribution is 0.334. The monoisotopic (exact) mass is 310 g/mol. The number of nitrogens with one attached hydrogen (secondary N) is 1. The predicted octanol–water partition coefficient (Wildman–Crippen LogP) is 3.70. The van der Waals surface area contributed by atoms with Crippen molar-refractivity contribution in [3.8, 4) is 0 Å². The van der Waals surface area contributed by atoms with Crippen LogP contribution in [0, 0.1) is 0 Å². The van der Waals surface area contributed by atoms with E-state index < -0.39 is 0 Å².